The zero-order valence-electron chi connectivity index (χ0n) is 17.2. The number of alkyl halides is 24. The molecule has 0 aromatic heterocycles. The van der Waals surface area contributed by atoms with Crippen molar-refractivity contribution in [1.29, 1.82) is 0 Å². The SMILES string of the molecule is O=S(=O)(C(F)(F)C(O)(F)F)C(F)(F)C(O)(F)C(F)(F)C(F)(F)C(F)(F)C(F)(F)C(F)(F)C(F)(F)C(F)(F)C(F)(F)F. The third kappa shape index (κ3) is 4.44. The van der Waals surface area contributed by atoms with Crippen LogP contribution in [0, 0.1) is 0 Å². The van der Waals surface area contributed by atoms with Crippen LogP contribution in [-0.2, 0) is 9.84 Å². The minimum absolute atomic E-state index is 7.53. The first-order chi connectivity index (χ1) is 17.0. The van der Waals surface area contributed by atoms with Gasteiger partial charge in [0, 0.05) is 0 Å². The normalized spacial score (nSPS) is 18.4. The van der Waals surface area contributed by atoms with Gasteiger partial charge in [0.15, 0.2) is 0 Å². The van der Waals surface area contributed by atoms with E-state index in [2.05, 4.69) is 0 Å². The molecule has 1 atom stereocenters. The highest BCUT2D eigenvalue weighted by molar-refractivity contribution is 7.93. The highest BCUT2D eigenvalue weighted by atomic mass is 32.2. The molecule has 0 saturated heterocycles. The second kappa shape index (κ2) is 9.10. The summed E-state index contributed by atoms with van der Waals surface area (Å²) in [5.74, 6) is -74.4. The average Bonchev–Trinajstić information content (AvgIpc) is 2.70. The first-order valence-electron chi connectivity index (χ1n) is 8.22. The van der Waals surface area contributed by atoms with Crippen LogP contribution in [-0.4, -0.2) is 88.7 Å². The summed E-state index contributed by atoms with van der Waals surface area (Å²) in [6, 6.07) is 0. The van der Waals surface area contributed by atoms with E-state index < -0.39 is 79.9 Å². The number of sulfone groups is 1. The van der Waals surface area contributed by atoms with Gasteiger partial charge in [-0.05, 0) is 0 Å². The molecule has 0 aromatic rings. The molecule has 0 bridgehead atoms. The average molecular weight is 698 g/mol. The molecule has 0 rings (SSSR count). The van der Waals surface area contributed by atoms with Gasteiger partial charge in [-0.25, -0.2) is 8.42 Å². The maximum Gasteiger partial charge on any atom is 0.460 e. The van der Waals surface area contributed by atoms with Crippen molar-refractivity contribution in [3.63, 3.8) is 0 Å². The smallest absolute Gasteiger partial charge is 0.351 e. The monoisotopic (exact) mass is 698 g/mol. The zero-order chi connectivity index (χ0) is 34.5. The van der Waals surface area contributed by atoms with Crippen LogP contribution in [0.25, 0.3) is 0 Å². The number of hydrogen-bond donors (Lipinski definition) is 2. The summed E-state index contributed by atoms with van der Waals surface area (Å²) in [5, 5.41) is -1.25. The number of halogens is 24. The number of aliphatic hydroxyl groups is 2. The predicted octanol–water partition coefficient (Wildman–Crippen LogP) is 5.84. The number of rotatable bonds is 11. The molecule has 29 heteroatoms. The largest absolute Gasteiger partial charge is 0.460 e. The van der Waals surface area contributed by atoms with Crippen LogP contribution in [0.2, 0.25) is 0 Å². The van der Waals surface area contributed by atoms with E-state index in [1.807, 2.05) is 0 Å². The lowest BCUT2D eigenvalue weighted by molar-refractivity contribution is -0.476. The van der Waals surface area contributed by atoms with Gasteiger partial charge in [-0.1, -0.05) is 0 Å². The number of hydrogen-bond acceptors (Lipinski definition) is 4. The van der Waals surface area contributed by atoms with Crippen molar-refractivity contribution in [3.8, 4) is 0 Å². The Bertz CT molecular complexity index is 1090. The Morgan fingerprint density at radius 3 is 0.780 bits per heavy atom. The Hall–Kier alpha value is -1.81. The zero-order valence-corrected chi connectivity index (χ0v) is 18.0. The molecule has 4 nitrogen and oxygen atoms in total. The summed E-state index contributed by atoms with van der Waals surface area (Å²) in [6.07, 6.45) is -15.7. The second-order valence-electron chi connectivity index (χ2n) is 7.22. The first kappa shape index (κ1) is 39.2. The van der Waals surface area contributed by atoms with Gasteiger partial charge in [-0.2, -0.15) is 105 Å². The molecule has 0 fully saturated rings. The van der Waals surface area contributed by atoms with Crippen molar-refractivity contribution in [2.45, 2.75) is 70.1 Å². The Morgan fingerprint density at radius 2 is 0.561 bits per heavy atom. The van der Waals surface area contributed by atoms with E-state index in [0.717, 1.165) is 0 Å². The lowest BCUT2D eigenvalue weighted by Crippen LogP contribution is -2.78. The fourth-order valence-corrected chi connectivity index (χ4v) is 3.18. The first-order valence-corrected chi connectivity index (χ1v) is 9.71. The lowest BCUT2D eigenvalue weighted by Gasteiger charge is -2.45. The van der Waals surface area contributed by atoms with Crippen LogP contribution in [0.5, 0.6) is 0 Å². The summed E-state index contributed by atoms with van der Waals surface area (Å²) in [4.78, 5) is 0. The second-order valence-corrected chi connectivity index (χ2v) is 9.25. The molecule has 0 spiro atoms. The Labute approximate surface area is 205 Å². The fourth-order valence-electron chi connectivity index (χ4n) is 2.06. The third-order valence-corrected chi connectivity index (χ3v) is 6.42. The molecule has 0 radical (unpaired) electrons. The molecule has 0 heterocycles. The van der Waals surface area contributed by atoms with Crippen LogP contribution < -0.4 is 0 Å². The van der Waals surface area contributed by atoms with E-state index in [1.165, 1.54) is 0 Å². The summed E-state index contributed by atoms with van der Waals surface area (Å²) >= 11 is 0. The quantitative estimate of drug-likeness (QED) is 0.266. The standard InChI is InChI=1S/C12H2F24O4S/c13-1(14,3(17,18)5(21,22)7(25,26)9(28,29)30)2(15,16)4(19,20)6(23,24)8(27,37)11(33,34)41(39,40)12(35,36)10(31,32)38/h37-38H. The van der Waals surface area contributed by atoms with Crippen LogP contribution in [0.15, 0.2) is 0 Å². The Morgan fingerprint density at radius 1 is 0.341 bits per heavy atom. The molecule has 1 unspecified atom stereocenters. The van der Waals surface area contributed by atoms with Crippen molar-refractivity contribution < 1.29 is 124 Å². The van der Waals surface area contributed by atoms with E-state index in [-0.39, 0.29) is 0 Å². The molecule has 41 heavy (non-hydrogen) atoms. The molecular formula is C12H2F24O4S. The third-order valence-electron chi connectivity index (χ3n) is 4.55. The maximum absolute atomic E-state index is 13.7. The van der Waals surface area contributed by atoms with Crippen molar-refractivity contribution in [3.05, 3.63) is 0 Å². The molecule has 2 N–H and O–H groups in total. The van der Waals surface area contributed by atoms with Crippen LogP contribution >= 0.6 is 0 Å². The van der Waals surface area contributed by atoms with Gasteiger partial charge in [0.2, 0.25) is 0 Å². The molecule has 0 aliphatic carbocycles. The maximum atomic E-state index is 13.7. The van der Waals surface area contributed by atoms with E-state index in [0.29, 0.717) is 0 Å². The van der Waals surface area contributed by atoms with Crippen molar-refractivity contribution >= 4 is 9.84 Å². The molecule has 0 aliphatic heterocycles. The summed E-state index contributed by atoms with van der Waals surface area (Å²) in [6.45, 7) is 0. The summed E-state index contributed by atoms with van der Waals surface area (Å²) in [5.41, 5.74) is 0. The molecule has 248 valence electrons. The highest BCUT2D eigenvalue weighted by Crippen LogP contribution is 2.66. The van der Waals surface area contributed by atoms with Crippen molar-refractivity contribution in [2.24, 2.45) is 0 Å². The molecular weight excluding hydrogens is 696 g/mol. The molecule has 0 amide bonds. The van der Waals surface area contributed by atoms with Gasteiger partial charge in [-0.3, -0.25) is 0 Å². The van der Waals surface area contributed by atoms with E-state index in [9.17, 15) is 114 Å². The fraction of sp³-hybridized carbons (Fsp3) is 1.00. The van der Waals surface area contributed by atoms with Gasteiger partial charge >= 0.3 is 70.1 Å². The highest BCUT2D eigenvalue weighted by Gasteiger charge is 2.98. The van der Waals surface area contributed by atoms with Crippen molar-refractivity contribution in [1.82, 2.24) is 0 Å². The van der Waals surface area contributed by atoms with E-state index in [4.69, 9.17) is 10.2 Å². The van der Waals surface area contributed by atoms with Crippen LogP contribution in [0.1, 0.15) is 0 Å². The van der Waals surface area contributed by atoms with Crippen LogP contribution in [0.3, 0.4) is 0 Å². The molecule has 0 aromatic carbocycles. The van der Waals surface area contributed by atoms with Gasteiger partial charge in [0.1, 0.15) is 0 Å². The lowest BCUT2D eigenvalue weighted by atomic mass is 9.87. The van der Waals surface area contributed by atoms with E-state index in [1.54, 1.807) is 0 Å². The molecule has 0 saturated carbocycles. The topological polar surface area (TPSA) is 74.6 Å². The van der Waals surface area contributed by atoms with Crippen LogP contribution in [0.4, 0.5) is 105 Å². The van der Waals surface area contributed by atoms with Crippen molar-refractivity contribution in [2.75, 3.05) is 0 Å². The summed E-state index contributed by atoms with van der Waals surface area (Å²) in [7, 11) is -9.59. The van der Waals surface area contributed by atoms with Gasteiger partial charge in [0.25, 0.3) is 9.84 Å². The predicted molar refractivity (Wildman–Crippen MR) is 72.7 cm³/mol. The Kier molecular flexibility index (Phi) is 8.70. The van der Waals surface area contributed by atoms with E-state index >= 15 is 0 Å². The minimum atomic E-state index is -9.64. The molecule has 0 aliphatic rings. The summed E-state index contributed by atoms with van der Waals surface area (Å²) < 4.78 is 335. The van der Waals surface area contributed by atoms with Gasteiger partial charge in [0.05, 0.1) is 0 Å². The Balaban J connectivity index is 7.46. The van der Waals surface area contributed by atoms with Gasteiger partial charge < -0.3 is 10.2 Å². The minimum Gasteiger partial charge on any atom is -0.351 e. The van der Waals surface area contributed by atoms with Gasteiger partial charge in [-0.15, -0.1) is 0 Å².